The van der Waals surface area contributed by atoms with Crippen LogP contribution in [0.3, 0.4) is 0 Å². The van der Waals surface area contributed by atoms with Crippen LogP contribution in [0.15, 0.2) is 18.2 Å². The van der Waals surface area contributed by atoms with Crippen LogP contribution in [0.5, 0.6) is 0 Å². The number of amides is 1. The SMILES string of the molecule is O=C(O)[C@@H]1[C@@H](C(=O)Nc2cc(Cl)ccc2Cl)[C@H]2CC[C@H]1O2. The van der Waals surface area contributed by atoms with Gasteiger partial charge in [-0.05, 0) is 31.0 Å². The molecule has 21 heavy (non-hydrogen) atoms. The summed E-state index contributed by atoms with van der Waals surface area (Å²) >= 11 is 11.9. The number of benzene rings is 1. The predicted octanol–water partition coefficient (Wildman–Crippen LogP) is 2.81. The number of carbonyl (C=O) groups is 2. The number of fused-ring (bicyclic) bond motifs is 2. The molecule has 2 saturated heterocycles. The Balaban J connectivity index is 1.81. The van der Waals surface area contributed by atoms with Crippen molar-refractivity contribution >= 4 is 40.8 Å². The minimum Gasteiger partial charge on any atom is -0.481 e. The number of hydrogen-bond donors (Lipinski definition) is 2. The summed E-state index contributed by atoms with van der Waals surface area (Å²) in [7, 11) is 0. The number of carboxylic acids is 1. The van der Waals surface area contributed by atoms with Crippen molar-refractivity contribution in [3.8, 4) is 0 Å². The van der Waals surface area contributed by atoms with Gasteiger partial charge in [0.15, 0.2) is 0 Å². The lowest BCUT2D eigenvalue weighted by atomic mass is 9.78. The molecule has 2 bridgehead atoms. The molecule has 0 saturated carbocycles. The standard InChI is InChI=1S/C14H13Cl2NO4/c15-6-1-2-7(16)8(5-6)17-13(18)11-9-3-4-10(21-9)12(11)14(19)20/h1-2,5,9-12H,3-4H2,(H,17,18)(H,19,20)/t9-,10-,11+,12+/m1/s1. The number of ether oxygens (including phenoxy) is 1. The van der Waals surface area contributed by atoms with Crippen LogP contribution >= 0.6 is 23.2 Å². The first kappa shape index (κ1) is 14.6. The van der Waals surface area contributed by atoms with Gasteiger partial charge >= 0.3 is 5.97 Å². The Hall–Kier alpha value is -1.30. The Bertz CT molecular complexity index is 607. The van der Waals surface area contributed by atoms with Gasteiger partial charge in [-0.1, -0.05) is 23.2 Å². The van der Waals surface area contributed by atoms with Gasteiger partial charge in [0.05, 0.1) is 34.8 Å². The highest BCUT2D eigenvalue weighted by atomic mass is 35.5. The lowest BCUT2D eigenvalue weighted by Crippen LogP contribution is -2.41. The predicted molar refractivity (Wildman–Crippen MR) is 77.6 cm³/mol. The van der Waals surface area contributed by atoms with Crippen molar-refractivity contribution in [2.24, 2.45) is 11.8 Å². The Morgan fingerprint density at radius 1 is 1.19 bits per heavy atom. The normalized spacial score (nSPS) is 30.4. The summed E-state index contributed by atoms with van der Waals surface area (Å²) < 4.78 is 5.57. The molecule has 7 heteroatoms. The van der Waals surface area contributed by atoms with Crippen molar-refractivity contribution in [1.29, 1.82) is 0 Å². The van der Waals surface area contributed by atoms with Crippen LogP contribution in [-0.2, 0) is 14.3 Å². The quantitative estimate of drug-likeness (QED) is 0.894. The zero-order valence-corrected chi connectivity index (χ0v) is 12.4. The molecule has 5 nitrogen and oxygen atoms in total. The van der Waals surface area contributed by atoms with Gasteiger partial charge in [-0.3, -0.25) is 9.59 Å². The average Bonchev–Trinajstić information content (AvgIpc) is 3.03. The summed E-state index contributed by atoms with van der Waals surface area (Å²) in [5.41, 5.74) is 0.376. The van der Waals surface area contributed by atoms with Crippen LogP contribution in [0.25, 0.3) is 0 Å². The molecule has 0 spiro atoms. The molecule has 2 heterocycles. The van der Waals surface area contributed by atoms with Gasteiger partial charge < -0.3 is 15.2 Å². The Labute approximate surface area is 131 Å². The smallest absolute Gasteiger partial charge is 0.310 e. The first-order valence-corrected chi connectivity index (χ1v) is 7.37. The van der Waals surface area contributed by atoms with Gasteiger partial charge in [0.2, 0.25) is 5.91 Å². The fourth-order valence-corrected chi connectivity index (χ4v) is 3.47. The summed E-state index contributed by atoms with van der Waals surface area (Å²) in [5.74, 6) is -2.89. The molecule has 0 aromatic heterocycles. The maximum absolute atomic E-state index is 12.4. The molecule has 1 aromatic rings. The lowest BCUT2D eigenvalue weighted by molar-refractivity contribution is -0.147. The number of rotatable bonds is 3. The van der Waals surface area contributed by atoms with E-state index in [-0.39, 0.29) is 12.2 Å². The molecule has 2 fully saturated rings. The zero-order valence-electron chi connectivity index (χ0n) is 10.9. The lowest BCUT2D eigenvalue weighted by Gasteiger charge is -2.24. The highest BCUT2D eigenvalue weighted by molar-refractivity contribution is 6.35. The molecule has 2 aliphatic heterocycles. The minimum atomic E-state index is -1.00. The maximum Gasteiger partial charge on any atom is 0.310 e. The molecule has 112 valence electrons. The van der Waals surface area contributed by atoms with Gasteiger partial charge in [0.1, 0.15) is 0 Å². The van der Waals surface area contributed by atoms with E-state index in [2.05, 4.69) is 5.32 Å². The van der Waals surface area contributed by atoms with Crippen LogP contribution in [0.4, 0.5) is 5.69 Å². The van der Waals surface area contributed by atoms with Crippen molar-refractivity contribution in [1.82, 2.24) is 0 Å². The molecule has 0 unspecified atom stereocenters. The van der Waals surface area contributed by atoms with Gasteiger partial charge in [-0.15, -0.1) is 0 Å². The fourth-order valence-electron chi connectivity index (χ4n) is 3.13. The van der Waals surface area contributed by atoms with E-state index in [4.69, 9.17) is 27.9 Å². The first-order valence-electron chi connectivity index (χ1n) is 6.61. The third-order valence-corrected chi connectivity index (χ3v) is 4.61. The second-order valence-corrected chi connectivity index (χ2v) is 6.14. The molecule has 1 aromatic carbocycles. The fraction of sp³-hybridized carbons (Fsp3) is 0.429. The molecule has 4 atom stereocenters. The number of nitrogens with one attached hydrogen (secondary N) is 1. The first-order chi connectivity index (χ1) is 9.97. The van der Waals surface area contributed by atoms with E-state index in [9.17, 15) is 14.7 Å². The molecular weight excluding hydrogens is 317 g/mol. The van der Waals surface area contributed by atoms with Crippen LogP contribution in [-0.4, -0.2) is 29.2 Å². The van der Waals surface area contributed by atoms with Gasteiger partial charge in [-0.2, -0.15) is 0 Å². The summed E-state index contributed by atoms with van der Waals surface area (Å²) in [6, 6.07) is 4.72. The van der Waals surface area contributed by atoms with Gasteiger partial charge in [0, 0.05) is 5.02 Å². The van der Waals surface area contributed by atoms with E-state index in [1.54, 1.807) is 12.1 Å². The summed E-state index contributed by atoms with van der Waals surface area (Å²) in [6.07, 6.45) is 0.672. The number of aliphatic carboxylic acids is 1. The minimum absolute atomic E-state index is 0.339. The van der Waals surface area contributed by atoms with Gasteiger partial charge in [0.25, 0.3) is 0 Å². The van der Waals surface area contributed by atoms with Crippen molar-refractivity contribution in [2.75, 3.05) is 5.32 Å². The van der Waals surface area contributed by atoms with E-state index < -0.39 is 23.7 Å². The molecule has 0 aliphatic carbocycles. The average molecular weight is 330 g/mol. The molecule has 2 N–H and O–H groups in total. The highest BCUT2D eigenvalue weighted by Crippen LogP contribution is 2.44. The highest BCUT2D eigenvalue weighted by Gasteiger charge is 2.55. The Kier molecular flexibility index (Phi) is 3.82. The molecule has 0 radical (unpaired) electrons. The van der Waals surface area contributed by atoms with Crippen molar-refractivity contribution in [2.45, 2.75) is 25.0 Å². The van der Waals surface area contributed by atoms with Crippen LogP contribution in [0.1, 0.15) is 12.8 Å². The van der Waals surface area contributed by atoms with E-state index in [0.717, 1.165) is 0 Å². The molecule has 1 amide bonds. The molecule has 3 rings (SSSR count). The summed E-state index contributed by atoms with van der Waals surface area (Å²) in [4.78, 5) is 23.8. The Morgan fingerprint density at radius 2 is 1.86 bits per heavy atom. The number of carboxylic acid groups (broad SMARTS) is 1. The second-order valence-electron chi connectivity index (χ2n) is 5.29. The van der Waals surface area contributed by atoms with Crippen molar-refractivity contribution < 1.29 is 19.4 Å². The third kappa shape index (κ3) is 2.61. The third-order valence-electron chi connectivity index (χ3n) is 4.05. The second kappa shape index (κ2) is 5.48. The van der Waals surface area contributed by atoms with E-state index >= 15 is 0 Å². The number of anilines is 1. The topological polar surface area (TPSA) is 75.6 Å². The largest absolute Gasteiger partial charge is 0.481 e. The van der Waals surface area contributed by atoms with E-state index in [1.807, 2.05) is 0 Å². The van der Waals surface area contributed by atoms with Crippen LogP contribution < -0.4 is 5.32 Å². The number of carbonyl (C=O) groups excluding carboxylic acids is 1. The molecule has 2 aliphatic rings. The van der Waals surface area contributed by atoms with Crippen molar-refractivity contribution in [3.05, 3.63) is 28.2 Å². The van der Waals surface area contributed by atoms with Gasteiger partial charge in [-0.25, -0.2) is 0 Å². The van der Waals surface area contributed by atoms with Crippen LogP contribution in [0, 0.1) is 11.8 Å². The maximum atomic E-state index is 12.4. The van der Waals surface area contributed by atoms with Crippen LogP contribution in [0.2, 0.25) is 10.0 Å². The number of halogens is 2. The molecular formula is C14H13Cl2NO4. The monoisotopic (exact) mass is 329 g/mol. The van der Waals surface area contributed by atoms with E-state index in [1.165, 1.54) is 6.07 Å². The van der Waals surface area contributed by atoms with E-state index in [0.29, 0.717) is 28.6 Å². The Morgan fingerprint density at radius 3 is 2.52 bits per heavy atom. The summed E-state index contributed by atoms with van der Waals surface area (Å²) in [5, 5.41) is 12.8. The summed E-state index contributed by atoms with van der Waals surface area (Å²) in [6.45, 7) is 0. The number of hydrogen-bond acceptors (Lipinski definition) is 3. The van der Waals surface area contributed by atoms with Crippen molar-refractivity contribution in [3.63, 3.8) is 0 Å². The zero-order chi connectivity index (χ0) is 15.1.